The molecular formula is C19H16ClNO5. The minimum absolute atomic E-state index is 0.299. The number of nitrogens with one attached hydrogen (secondary N) is 1. The van der Waals surface area contributed by atoms with Gasteiger partial charge in [-0.25, -0.2) is 9.59 Å². The van der Waals surface area contributed by atoms with E-state index in [1.54, 1.807) is 48.5 Å². The molecule has 0 radical (unpaired) electrons. The Morgan fingerprint density at radius 1 is 1.12 bits per heavy atom. The van der Waals surface area contributed by atoms with Crippen molar-refractivity contribution in [2.75, 3.05) is 19.0 Å². The highest BCUT2D eigenvalue weighted by molar-refractivity contribution is 6.30. The molecule has 0 bridgehead atoms. The largest absolute Gasteiger partial charge is 0.465 e. The van der Waals surface area contributed by atoms with Crippen LogP contribution in [0.4, 0.5) is 5.69 Å². The third-order valence-corrected chi connectivity index (χ3v) is 3.45. The zero-order chi connectivity index (χ0) is 18.9. The zero-order valence-electron chi connectivity index (χ0n) is 13.9. The third kappa shape index (κ3) is 6.07. The molecule has 1 N–H and O–H groups in total. The molecule has 0 saturated heterocycles. The predicted octanol–water partition coefficient (Wildman–Crippen LogP) is 3.32. The molecule has 0 aliphatic heterocycles. The van der Waals surface area contributed by atoms with Crippen LogP contribution in [0.25, 0.3) is 6.08 Å². The van der Waals surface area contributed by atoms with Crippen LogP contribution in [-0.2, 0) is 19.1 Å². The molecule has 0 aliphatic rings. The number of rotatable bonds is 6. The maximum absolute atomic E-state index is 11.8. The van der Waals surface area contributed by atoms with Gasteiger partial charge in [-0.15, -0.1) is 0 Å². The molecule has 2 aromatic carbocycles. The number of hydrogen-bond acceptors (Lipinski definition) is 5. The highest BCUT2D eigenvalue weighted by atomic mass is 35.5. The first kappa shape index (κ1) is 19.2. The normalized spacial score (nSPS) is 10.4. The number of anilines is 1. The lowest BCUT2D eigenvalue weighted by Crippen LogP contribution is -2.20. The van der Waals surface area contributed by atoms with E-state index in [0.29, 0.717) is 16.3 Å². The van der Waals surface area contributed by atoms with Crippen molar-refractivity contribution in [2.24, 2.45) is 0 Å². The summed E-state index contributed by atoms with van der Waals surface area (Å²) in [6.45, 7) is -0.452. The van der Waals surface area contributed by atoms with E-state index in [9.17, 15) is 14.4 Å². The van der Waals surface area contributed by atoms with E-state index in [-0.39, 0.29) is 0 Å². The quantitative estimate of drug-likeness (QED) is 0.620. The first-order valence-electron chi connectivity index (χ1n) is 7.56. The Kier molecular flexibility index (Phi) is 6.93. The number of halogens is 1. The van der Waals surface area contributed by atoms with Crippen molar-refractivity contribution in [3.63, 3.8) is 0 Å². The van der Waals surface area contributed by atoms with Crippen molar-refractivity contribution >= 4 is 41.2 Å². The number of esters is 2. The maximum atomic E-state index is 11.8. The van der Waals surface area contributed by atoms with Crippen molar-refractivity contribution in [1.82, 2.24) is 0 Å². The summed E-state index contributed by atoms with van der Waals surface area (Å²) in [6.07, 6.45) is 2.77. The molecule has 134 valence electrons. The molecule has 0 fully saturated rings. The van der Waals surface area contributed by atoms with Crippen molar-refractivity contribution in [2.45, 2.75) is 0 Å². The zero-order valence-corrected chi connectivity index (χ0v) is 14.7. The number of carbonyl (C=O) groups excluding carboxylic acids is 3. The molecule has 0 aliphatic carbocycles. The molecule has 0 unspecified atom stereocenters. The van der Waals surface area contributed by atoms with Crippen LogP contribution in [0.1, 0.15) is 15.9 Å². The number of hydrogen-bond donors (Lipinski definition) is 1. The van der Waals surface area contributed by atoms with E-state index in [0.717, 1.165) is 5.56 Å². The van der Waals surface area contributed by atoms with Crippen molar-refractivity contribution < 1.29 is 23.9 Å². The van der Waals surface area contributed by atoms with Crippen LogP contribution in [0, 0.1) is 0 Å². The maximum Gasteiger partial charge on any atom is 0.337 e. The SMILES string of the molecule is COC(=O)c1cccc(NC(=O)COC(=O)/C=C/c2ccc(Cl)cc2)c1. The fraction of sp³-hybridized carbons (Fsp3) is 0.105. The monoisotopic (exact) mass is 373 g/mol. The van der Waals surface area contributed by atoms with Crippen LogP contribution in [0.2, 0.25) is 5.02 Å². The van der Waals surface area contributed by atoms with E-state index in [4.69, 9.17) is 16.3 Å². The summed E-state index contributed by atoms with van der Waals surface area (Å²) in [5.41, 5.74) is 1.47. The number of carbonyl (C=O) groups is 3. The van der Waals surface area contributed by atoms with Crippen LogP contribution in [0.5, 0.6) is 0 Å². The Hall–Kier alpha value is -3.12. The fourth-order valence-electron chi connectivity index (χ4n) is 1.96. The molecule has 26 heavy (non-hydrogen) atoms. The number of benzene rings is 2. The Morgan fingerprint density at radius 3 is 2.54 bits per heavy atom. The summed E-state index contributed by atoms with van der Waals surface area (Å²) in [5.74, 6) is -1.70. The average Bonchev–Trinajstić information content (AvgIpc) is 2.65. The highest BCUT2D eigenvalue weighted by Crippen LogP contribution is 2.12. The molecule has 2 rings (SSSR count). The number of amides is 1. The lowest BCUT2D eigenvalue weighted by atomic mass is 10.2. The molecule has 2 aromatic rings. The van der Waals surface area contributed by atoms with Crippen LogP contribution in [-0.4, -0.2) is 31.6 Å². The molecule has 6 nitrogen and oxygen atoms in total. The third-order valence-electron chi connectivity index (χ3n) is 3.19. The molecular weight excluding hydrogens is 358 g/mol. The molecule has 0 spiro atoms. The second kappa shape index (κ2) is 9.39. The van der Waals surface area contributed by atoms with Gasteiger partial charge in [0.15, 0.2) is 6.61 Å². The van der Waals surface area contributed by atoms with Gasteiger partial charge in [0.2, 0.25) is 0 Å². The Bertz CT molecular complexity index is 830. The van der Waals surface area contributed by atoms with Gasteiger partial charge in [-0.2, -0.15) is 0 Å². The number of ether oxygens (including phenoxy) is 2. The first-order valence-corrected chi connectivity index (χ1v) is 7.94. The van der Waals surface area contributed by atoms with Gasteiger partial charge in [-0.05, 0) is 42.0 Å². The Labute approximate surface area is 155 Å². The van der Waals surface area contributed by atoms with E-state index in [2.05, 4.69) is 10.1 Å². The van der Waals surface area contributed by atoms with Crippen molar-refractivity contribution in [3.8, 4) is 0 Å². The van der Waals surface area contributed by atoms with Gasteiger partial charge in [-0.3, -0.25) is 4.79 Å². The van der Waals surface area contributed by atoms with Gasteiger partial charge >= 0.3 is 11.9 Å². The predicted molar refractivity (Wildman–Crippen MR) is 97.9 cm³/mol. The van der Waals surface area contributed by atoms with Crippen LogP contribution in [0.3, 0.4) is 0 Å². The topological polar surface area (TPSA) is 81.7 Å². The lowest BCUT2D eigenvalue weighted by Gasteiger charge is -2.07. The average molecular weight is 374 g/mol. The summed E-state index contributed by atoms with van der Waals surface area (Å²) in [7, 11) is 1.27. The fourth-order valence-corrected chi connectivity index (χ4v) is 2.09. The molecule has 0 saturated carbocycles. The minimum atomic E-state index is -0.654. The lowest BCUT2D eigenvalue weighted by molar-refractivity contribution is -0.142. The molecule has 1 amide bonds. The van der Waals surface area contributed by atoms with E-state index in [1.165, 1.54) is 19.3 Å². The standard InChI is InChI=1S/C19H16ClNO5/c1-25-19(24)14-3-2-4-16(11-14)21-17(22)12-26-18(23)10-7-13-5-8-15(20)9-6-13/h2-11H,12H2,1H3,(H,21,22)/b10-7+. The second-order valence-electron chi connectivity index (χ2n) is 5.11. The molecule has 0 heterocycles. The summed E-state index contributed by atoms with van der Waals surface area (Å²) in [5, 5.41) is 3.13. The first-order chi connectivity index (χ1) is 12.5. The Balaban J connectivity index is 1.83. The molecule has 7 heteroatoms. The van der Waals surface area contributed by atoms with Gasteiger partial charge in [-0.1, -0.05) is 29.8 Å². The highest BCUT2D eigenvalue weighted by Gasteiger charge is 2.09. The van der Waals surface area contributed by atoms with Gasteiger partial charge in [0.05, 0.1) is 12.7 Å². The van der Waals surface area contributed by atoms with Gasteiger partial charge in [0.1, 0.15) is 0 Å². The van der Waals surface area contributed by atoms with Gasteiger partial charge in [0.25, 0.3) is 5.91 Å². The molecule has 0 aromatic heterocycles. The van der Waals surface area contributed by atoms with Crippen LogP contribution >= 0.6 is 11.6 Å². The van der Waals surface area contributed by atoms with Gasteiger partial charge < -0.3 is 14.8 Å². The van der Waals surface area contributed by atoms with Crippen molar-refractivity contribution in [1.29, 1.82) is 0 Å². The van der Waals surface area contributed by atoms with Gasteiger partial charge in [0, 0.05) is 16.8 Å². The summed E-state index contributed by atoms with van der Waals surface area (Å²) in [4.78, 5) is 34.9. The second-order valence-corrected chi connectivity index (χ2v) is 5.55. The minimum Gasteiger partial charge on any atom is -0.465 e. The van der Waals surface area contributed by atoms with Crippen LogP contribution in [0.15, 0.2) is 54.6 Å². The van der Waals surface area contributed by atoms with E-state index in [1.807, 2.05) is 0 Å². The molecule has 0 atom stereocenters. The summed E-state index contributed by atoms with van der Waals surface area (Å²) < 4.78 is 9.47. The smallest absolute Gasteiger partial charge is 0.337 e. The summed E-state index contributed by atoms with van der Waals surface area (Å²) >= 11 is 5.77. The van der Waals surface area contributed by atoms with Crippen molar-refractivity contribution in [3.05, 3.63) is 70.8 Å². The summed E-state index contributed by atoms with van der Waals surface area (Å²) in [6, 6.07) is 13.1. The van der Waals surface area contributed by atoms with E-state index < -0.39 is 24.5 Å². The van der Waals surface area contributed by atoms with Crippen LogP contribution < -0.4 is 5.32 Å². The Morgan fingerprint density at radius 2 is 1.85 bits per heavy atom. The number of methoxy groups -OCH3 is 1. The van der Waals surface area contributed by atoms with E-state index >= 15 is 0 Å².